The summed E-state index contributed by atoms with van der Waals surface area (Å²) < 4.78 is 0. The molecule has 7 N–H and O–H groups in total. The number of nitrogens with zero attached hydrogens (tertiary/aromatic N) is 2. The minimum Gasteiger partial charge on any atom is -0.478 e. The largest absolute Gasteiger partial charge is 0.478 e. The van der Waals surface area contributed by atoms with Gasteiger partial charge in [0, 0.05) is 55.9 Å². The van der Waals surface area contributed by atoms with E-state index in [2.05, 4.69) is 10.4 Å². The number of carbonyl (C=O) groups excluding carboxylic acids is 2. The predicted molar refractivity (Wildman–Crippen MR) is 170 cm³/mol. The highest BCUT2D eigenvalue weighted by molar-refractivity contribution is 5.88. The molecule has 2 aromatic carbocycles. The van der Waals surface area contributed by atoms with Crippen molar-refractivity contribution in [2.45, 2.75) is 57.5 Å². The number of carboxylic acids is 1. The molecule has 1 aromatic heterocycles. The third kappa shape index (κ3) is 10.1. The quantitative estimate of drug-likeness (QED) is 0.179. The normalized spacial score (nSPS) is 17.9. The number of piperidine rings is 1. The van der Waals surface area contributed by atoms with Crippen molar-refractivity contribution in [2.75, 3.05) is 27.2 Å². The van der Waals surface area contributed by atoms with Gasteiger partial charge in [0.1, 0.15) is 0 Å². The molecule has 3 aromatic rings. The standard InChI is InChI=1S/C26H33N5O2.C7H13NO2/c1-30(2)29-25(33)26(16-19-9-4-3-5-10-19)13-8-14-31(18-26)24(32)22(27)15-20-17-28-23-12-7-6-11-21(20)23;1-7(2,8)5-3-4-6(9)10/h3-7,9-12,17,22,28H,8,13-16,18,27H2,1-2H3,(H,29,33);3-4H,5,8H2,1-2H3,(H,9,10)/b;4-3+/t22-,26?;/m1./s1. The number of carboxylic acid groups (broad SMARTS) is 1. The van der Waals surface area contributed by atoms with Crippen LogP contribution in [0.1, 0.15) is 44.2 Å². The van der Waals surface area contributed by atoms with E-state index in [1.54, 1.807) is 30.1 Å². The van der Waals surface area contributed by atoms with Crippen LogP contribution >= 0.6 is 0 Å². The van der Waals surface area contributed by atoms with Crippen LogP contribution in [0, 0.1) is 5.41 Å². The van der Waals surface area contributed by atoms with Gasteiger partial charge in [-0.05, 0) is 63.1 Å². The molecule has 4 rings (SSSR count). The van der Waals surface area contributed by atoms with Gasteiger partial charge in [0.25, 0.3) is 0 Å². The fourth-order valence-corrected chi connectivity index (χ4v) is 5.36. The molecule has 1 aliphatic rings. The van der Waals surface area contributed by atoms with E-state index >= 15 is 0 Å². The molecule has 43 heavy (non-hydrogen) atoms. The molecule has 2 heterocycles. The van der Waals surface area contributed by atoms with E-state index in [4.69, 9.17) is 16.6 Å². The number of hydrogen-bond donors (Lipinski definition) is 5. The lowest BCUT2D eigenvalue weighted by Gasteiger charge is -2.43. The first-order valence-corrected chi connectivity index (χ1v) is 14.6. The first kappa shape index (κ1) is 33.5. The summed E-state index contributed by atoms with van der Waals surface area (Å²) in [5.41, 5.74) is 17.1. The Labute approximate surface area is 254 Å². The molecule has 10 nitrogen and oxygen atoms in total. The van der Waals surface area contributed by atoms with E-state index in [0.717, 1.165) is 40.9 Å². The number of rotatable bonds is 10. The van der Waals surface area contributed by atoms with Crippen LogP contribution in [0.3, 0.4) is 0 Å². The lowest BCUT2D eigenvalue weighted by Crippen LogP contribution is -2.58. The number of H-pyrrole nitrogens is 1. The number of benzene rings is 2. The molecule has 1 unspecified atom stereocenters. The summed E-state index contributed by atoms with van der Waals surface area (Å²) in [7, 11) is 3.61. The number of aliphatic carboxylic acids is 1. The molecule has 1 saturated heterocycles. The van der Waals surface area contributed by atoms with Gasteiger partial charge in [0.15, 0.2) is 0 Å². The first-order valence-electron chi connectivity index (χ1n) is 14.6. The zero-order valence-electron chi connectivity index (χ0n) is 25.7. The molecule has 232 valence electrons. The molecule has 0 spiro atoms. The number of hydrogen-bond acceptors (Lipinski definition) is 6. The van der Waals surface area contributed by atoms with Crippen molar-refractivity contribution in [2.24, 2.45) is 16.9 Å². The zero-order chi connectivity index (χ0) is 31.6. The molecule has 0 aliphatic carbocycles. The van der Waals surface area contributed by atoms with E-state index in [1.807, 2.05) is 74.6 Å². The number of likely N-dealkylation sites (tertiary alicyclic amines) is 1. The van der Waals surface area contributed by atoms with E-state index in [9.17, 15) is 14.4 Å². The number of para-hydroxylation sites is 1. The summed E-state index contributed by atoms with van der Waals surface area (Å²) in [4.78, 5) is 41.7. The predicted octanol–water partition coefficient (Wildman–Crippen LogP) is 3.24. The van der Waals surface area contributed by atoms with Crippen LogP contribution in [-0.2, 0) is 27.2 Å². The van der Waals surface area contributed by atoms with Gasteiger partial charge in [-0.25, -0.2) is 9.80 Å². The third-order valence-electron chi connectivity index (χ3n) is 7.42. The molecule has 10 heteroatoms. The van der Waals surface area contributed by atoms with Crippen molar-refractivity contribution in [3.05, 3.63) is 84.1 Å². The molecule has 0 saturated carbocycles. The second-order valence-corrected chi connectivity index (χ2v) is 12.2. The van der Waals surface area contributed by atoms with Gasteiger partial charge in [-0.15, -0.1) is 0 Å². The summed E-state index contributed by atoms with van der Waals surface area (Å²) in [6, 6.07) is 17.4. The van der Waals surface area contributed by atoms with Crippen LogP contribution in [0.25, 0.3) is 10.9 Å². The van der Waals surface area contributed by atoms with Crippen LogP contribution in [0.5, 0.6) is 0 Å². The van der Waals surface area contributed by atoms with Gasteiger partial charge in [-0.1, -0.05) is 54.6 Å². The van der Waals surface area contributed by atoms with Gasteiger partial charge in [0.2, 0.25) is 11.8 Å². The number of aromatic nitrogens is 1. The highest BCUT2D eigenvalue weighted by Crippen LogP contribution is 2.35. The first-order chi connectivity index (χ1) is 20.3. The van der Waals surface area contributed by atoms with E-state index in [1.165, 1.54) is 0 Å². The van der Waals surface area contributed by atoms with Gasteiger partial charge >= 0.3 is 5.97 Å². The van der Waals surface area contributed by atoms with Gasteiger partial charge in [0.05, 0.1) is 11.5 Å². The second-order valence-electron chi connectivity index (χ2n) is 12.2. The third-order valence-corrected chi connectivity index (χ3v) is 7.42. The number of amides is 2. The van der Waals surface area contributed by atoms with Gasteiger partial charge in [-0.2, -0.15) is 0 Å². The minimum atomic E-state index is -0.927. The van der Waals surface area contributed by atoms with Crippen molar-refractivity contribution in [3.63, 3.8) is 0 Å². The molecular formula is C33H46N6O4. The monoisotopic (exact) mass is 590 g/mol. The summed E-state index contributed by atoms with van der Waals surface area (Å²) in [6.45, 7) is 4.67. The van der Waals surface area contributed by atoms with Crippen molar-refractivity contribution in [1.29, 1.82) is 0 Å². The Morgan fingerprint density at radius 2 is 1.81 bits per heavy atom. The molecular weight excluding hydrogens is 544 g/mol. The maximum absolute atomic E-state index is 13.4. The second kappa shape index (κ2) is 15.0. The molecule has 1 aliphatic heterocycles. The highest BCUT2D eigenvalue weighted by atomic mass is 16.4. The Balaban J connectivity index is 0.000000436. The molecule has 2 amide bonds. The number of nitrogens with two attached hydrogens (primary N) is 2. The highest BCUT2D eigenvalue weighted by Gasteiger charge is 2.44. The maximum atomic E-state index is 13.4. The lowest BCUT2D eigenvalue weighted by molar-refractivity contribution is -0.144. The molecule has 0 bridgehead atoms. The Morgan fingerprint density at radius 1 is 1.14 bits per heavy atom. The van der Waals surface area contributed by atoms with Crippen molar-refractivity contribution in [3.8, 4) is 0 Å². The number of hydrazine groups is 1. The minimum absolute atomic E-state index is 0.0564. The Kier molecular flexibility index (Phi) is 11.7. The van der Waals surface area contributed by atoms with Gasteiger partial charge in [-0.3, -0.25) is 15.0 Å². The Bertz CT molecular complexity index is 1400. The van der Waals surface area contributed by atoms with Crippen molar-refractivity contribution >= 4 is 28.7 Å². The average Bonchev–Trinajstić information content (AvgIpc) is 3.35. The molecule has 2 atom stereocenters. The molecule has 1 fully saturated rings. The summed E-state index contributed by atoms with van der Waals surface area (Å²) in [5.74, 6) is -1.08. The summed E-state index contributed by atoms with van der Waals surface area (Å²) in [6.07, 6.45) is 7.70. The van der Waals surface area contributed by atoms with Crippen LogP contribution in [0.2, 0.25) is 0 Å². The Hall–Kier alpha value is -3.99. The number of carbonyl (C=O) groups is 3. The SMILES string of the molecule is CC(C)(N)C/C=C/C(=O)O.CN(C)NC(=O)C1(Cc2ccccc2)CCCN(C(=O)[C@H](N)Cc2c[nH]c3ccccc23)C1. The smallest absolute Gasteiger partial charge is 0.327 e. The zero-order valence-corrected chi connectivity index (χ0v) is 25.7. The summed E-state index contributed by atoms with van der Waals surface area (Å²) in [5, 5.41) is 10.9. The number of fused-ring (bicyclic) bond motifs is 1. The van der Waals surface area contributed by atoms with Crippen LogP contribution in [-0.4, -0.2) is 76.5 Å². The fraction of sp³-hybridized carbons (Fsp3) is 0.424. The fourth-order valence-electron chi connectivity index (χ4n) is 5.36. The van der Waals surface area contributed by atoms with Crippen molar-refractivity contribution < 1.29 is 19.5 Å². The van der Waals surface area contributed by atoms with E-state index < -0.39 is 17.4 Å². The molecule has 0 radical (unpaired) electrons. The van der Waals surface area contributed by atoms with Crippen LogP contribution < -0.4 is 16.9 Å². The maximum Gasteiger partial charge on any atom is 0.327 e. The topological polar surface area (TPSA) is 158 Å². The van der Waals surface area contributed by atoms with Gasteiger partial charge < -0.3 is 26.5 Å². The average molecular weight is 591 g/mol. The van der Waals surface area contributed by atoms with Crippen LogP contribution in [0.4, 0.5) is 0 Å². The summed E-state index contributed by atoms with van der Waals surface area (Å²) >= 11 is 0. The Morgan fingerprint density at radius 3 is 2.47 bits per heavy atom. The number of nitrogens with one attached hydrogen (secondary N) is 2. The van der Waals surface area contributed by atoms with Crippen molar-refractivity contribution in [1.82, 2.24) is 20.3 Å². The van der Waals surface area contributed by atoms with E-state index in [0.29, 0.717) is 32.4 Å². The lowest BCUT2D eigenvalue weighted by atomic mass is 9.74. The van der Waals surface area contributed by atoms with Crippen LogP contribution in [0.15, 0.2) is 72.9 Å². The van der Waals surface area contributed by atoms with E-state index in [-0.39, 0.29) is 17.4 Å². The number of aromatic amines is 1.